The lowest BCUT2D eigenvalue weighted by atomic mass is 10.1. The van der Waals surface area contributed by atoms with Crippen molar-refractivity contribution in [2.75, 3.05) is 0 Å². The molecule has 0 aliphatic heterocycles. The molecule has 6 nitrogen and oxygen atoms in total. The summed E-state index contributed by atoms with van der Waals surface area (Å²) < 4.78 is 38.1. The highest BCUT2D eigenvalue weighted by Crippen LogP contribution is 2.34. The van der Waals surface area contributed by atoms with Crippen LogP contribution in [0.2, 0.25) is 0 Å². The number of halogens is 2. The van der Waals surface area contributed by atoms with Crippen molar-refractivity contribution < 1.29 is 18.3 Å². The molecule has 5 aromatic rings. The summed E-state index contributed by atoms with van der Waals surface area (Å²) in [5.41, 5.74) is 4.58. The van der Waals surface area contributed by atoms with Crippen LogP contribution in [-0.2, 0) is 6.61 Å². The van der Waals surface area contributed by atoms with E-state index in [1.54, 1.807) is 41.3 Å². The number of fused-ring (bicyclic) bond motifs is 1. The first kappa shape index (κ1) is 20.6. The van der Waals surface area contributed by atoms with Gasteiger partial charge in [-0.25, -0.2) is 9.50 Å². The van der Waals surface area contributed by atoms with Gasteiger partial charge in [0.25, 0.3) is 0 Å². The molecule has 0 aliphatic rings. The van der Waals surface area contributed by atoms with E-state index >= 15 is 0 Å². The summed E-state index contributed by atoms with van der Waals surface area (Å²) in [4.78, 5) is 8.53. The Kier molecular flexibility index (Phi) is 5.63. The summed E-state index contributed by atoms with van der Waals surface area (Å²) in [5, 5.41) is 4.68. The topological polar surface area (TPSA) is 61.5 Å². The van der Waals surface area contributed by atoms with Crippen LogP contribution < -0.4 is 9.47 Å². The number of aromatic nitrogens is 4. The number of nitrogens with zero attached hydrogens (tertiary/aromatic N) is 4. The molecule has 0 amide bonds. The fourth-order valence-corrected chi connectivity index (χ4v) is 3.48. The molecule has 0 spiro atoms. The highest BCUT2D eigenvalue weighted by atomic mass is 19.3. The lowest BCUT2D eigenvalue weighted by molar-refractivity contribution is -0.0515. The minimum atomic E-state index is -2.96. The number of hydrogen-bond acceptors (Lipinski definition) is 5. The van der Waals surface area contributed by atoms with E-state index in [1.165, 1.54) is 6.07 Å². The number of hydrogen-bond donors (Lipinski definition) is 0. The number of alkyl halides is 2. The van der Waals surface area contributed by atoms with Crippen LogP contribution in [0.15, 0.2) is 91.4 Å². The van der Waals surface area contributed by atoms with Gasteiger partial charge in [-0.2, -0.15) is 13.9 Å². The van der Waals surface area contributed by atoms with Gasteiger partial charge in [-0.15, -0.1) is 0 Å². The van der Waals surface area contributed by atoms with Crippen molar-refractivity contribution in [2.24, 2.45) is 0 Å². The fourth-order valence-electron chi connectivity index (χ4n) is 3.48. The highest BCUT2D eigenvalue weighted by Gasteiger charge is 2.15. The molecule has 8 heteroatoms. The smallest absolute Gasteiger partial charge is 0.387 e. The Morgan fingerprint density at radius 3 is 2.52 bits per heavy atom. The Bertz CT molecular complexity index is 1380. The van der Waals surface area contributed by atoms with E-state index in [0.717, 1.165) is 22.5 Å². The van der Waals surface area contributed by atoms with Gasteiger partial charge in [-0.1, -0.05) is 30.3 Å². The zero-order valence-electron chi connectivity index (χ0n) is 17.3. The van der Waals surface area contributed by atoms with Crippen LogP contribution in [0.1, 0.15) is 5.56 Å². The summed E-state index contributed by atoms with van der Waals surface area (Å²) in [6, 6.07) is 21.7. The van der Waals surface area contributed by atoms with Gasteiger partial charge in [0, 0.05) is 35.8 Å². The summed E-state index contributed by atoms with van der Waals surface area (Å²) in [7, 11) is 0. The van der Waals surface area contributed by atoms with Crippen LogP contribution in [0.25, 0.3) is 28.2 Å². The maximum absolute atomic E-state index is 13.0. The molecule has 0 bridgehead atoms. The number of benzene rings is 2. The Labute approximate surface area is 188 Å². The van der Waals surface area contributed by atoms with E-state index in [1.807, 2.05) is 48.5 Å². The second-order valence-electron chi connectivity index (χ2n) is 7.19. The third kappa shape index (κ3) is 4.50. The average molecular weight is 444 g/mol. The van der Waals surface area contributed by atoms with E-state index in [4.69, 9.17) is 4.74 Å². The molecule has 164 valence electrons. The van der Waals surface area contributed by atoms with Crippen molar-refractivity contribution in [1.29, 1.82) is 0 Å². The van der Waals surface area contributed by atoms with Crippen LogP contribution >= 0.6 is 0 Å². The van der Waals surface area contributed by atoms with E-state index in [9.17, 15) is 8.78 Å². The molecule has 2 aromatic carbocycles. The zero-order chi connectivity index (χ0) is 22.6. The Morgan fingerprint density at radius 1 is 0.848 bits per heavy atom. The molecule has 0 radical (unpaired) electrons. The van der Waals surface area contributed by atoms with Crippen LogP contribution in [0, 0.1) is 0 Å². The molecule has 0 atom stereocenters. The third-order valence-electron chi connectivity index (χ3n) is 5.01. The van der Waals surface area contributed by atoms with Crippen LogP contribution in [0.4, 0.5) is 8.78 Å². The first-order valence-corrected chi connectivity index (χ1v) is 10.2. The minimum absolute atomic E-state index is 0.0357. The quantitative estimate of drug-likeness (QED) is 0.325. The van der Waals surface area contributed by atoms with Gasteiger partial charge in [0.2, 0.25) is 0 Å². The number of rotatable bonds is 7. The molecule has 0 saturated heterocycles. The molecule has 0 saturated carbocycles. The number of ether oxygens (including phenoxy) is 2. The molecule has 0 unspecified atom stereocenters. The summed E-state index contributed by atoms with van der Waals surface area (Å²) in [5.74, 6) is 0.174. The Balaban J connectivity index is 1.53. The molecule has 0 aliphatic carbocycles. The highest BCUT2D eigenvalue weighted by molar-refractivity contribution is 5.69. The van der Waals surface area contributed by atoms with Gasteiger partial charge in [0.1, 0.15) is 6.61 Å². The first-order valence-electron chi connectivity index (χ1n) is 10.2. The molecule has 0 fully saturated rings. The van der Waals surface area contributed by atoms with Gasteiger partial charge >= 0.3 is 6.61 Å². The van der Waals surface area contributed by atoms with Crippen molar-refractivity contribution in [2.45, 2.75) is 13.2 Å². The van der Waals surface area contributed by atoms with Gasteiger partial charge in [0.05, 0.1) is 11.4 Å². The van der Waals surface area contributed by atoms with Gasteiger partial charge in [-0.3, -0.25) is 4.98 Å². The summed E-state index contributed by atoms with van der Waals surface area (Å²) in [6.45, 7) is -2.75. The maximum Gasteiger partial charge on any atom is 0.387 e. The SMILES string of the molecule is FC(F)Oc1ccc(-c2ccnc3cc(-c4cccnc4)nn23)cc1OCc1ccccc1. The van der Waals surface area contributed by atoms with Crippen molar-refractivity contribution >= 4 is 5.65 Å². The van der Waals surface area contributed by atoms with Crippen LogP contribution in [0.5, 0.6) is 11.5 Å². The molecule has 3 aromatic heterocycles. The van der Waals surface area contributed by atoms with Gasteiger partial charge < -0.3 is 9.47 Å². The molecular weight excluding hydrogens is 426 g/mol. The summed E-state index contributed by atoms with van der Waals surface area (Å²) >= 11 is 0. The maximum atomic E-state index is 13.0. The molecule has 3 heterocycles. The average Bonchev–Trinajstić information content (AvgIpc) is 3.29. The molecule has 33 heavy (non-hydrogen) atoms. The standard InChI is InChI=1S/C25H18F2N4O2/c26-25(27)33-22-9-8-18(13-23(22)32-16-17-5-2-1-3-6-17)21-10-12-29-24-14-20(30-31(21)24)19-7-4-11-28-15-19/h1-15,25H,16H2. The third-order valence-corrected chi connectivity index (χ3v) is 5.01. The lowest BCUT2D eigenvalue weighted by Crippen LogP contribution is -2.05. The predicted molar refractivity (Wildman–Crippen MR) is 119 cm³/mol. The van der Waals surface area contributed by atoms with Crippen molar-refractivity contribution in [3.63, 3.8) is 0 Å². The van der Waals surface area contributed by atoms with Crippen molar-refractivity contribution in [3.05, 3.63) is 97.0 Å². The fraction of sp³-hybridized carbons (Fsp3) is 0.0800. The normalized spacial score (nSPS) is 11.1. The van der Waals surface area contributed by atoms with Gasteiger partial charge in [0.15, 0.2) is 17.1 Å². The molecule has 5 rings (SSSR count). The van der Waals surface area contributed by atoms with E-state index in [0.29, 0.717) is 11.2 Å². The Hall–Kier alpha value is -4.33. The van der Waals surface area contributed by atoms with Gasteiger partial charge in [-0.05, 0) is 42.0 Å². The van der Waals surface area contributed by atoms with E-state index in [-0.39, 0.29) is 18.1 Å². The largest absolute Gasteiger partial charge is 0.485 e. The Morgan fingerprint density at radius 2 is 1.73 bits per heavy atom. The predicted octanol–water partition coefficient (Wildman–Crippen LogP) is 5.64. The monoisotopic (exact) mass is 444 g/mol. The van der Waals surface area contributed by atoms with E-state index < -0.39 is 6.61 Å². The van der Waals surface area contributed by atoms with Crippen molar-refractivity contribution in [3.8, 4) is 34.0 Å². The lowest BCUT2D eigenvalue weighted by Gasteiger charge is -2.14. The molecule has 0 N–H and O–H groups in total. The molecular formula is C25H18F2N4O2. The van der Waals surface area contributed by atoms with E-state index in [2.05, 4.69) is 19.8 Å². The first-order chi connectivity index (χ1) is 16.2. The van der Waals surface area contributed by atoms with Crippen molar-refractivity contribution in [1.82, 2.24) is 19.6 Å². The van der Waals surface area contributed by atoms with Crippen LogP contribution in [0.3, 0.4) is 0 Å². The second-order valence-corrected chi connectivity index (χ2v) is 7.19. The zero-order valence-corrected chi connectivity index (χ0v) is 17.3. The second kappa shape index (κ2) is 9.04. The minimum Gasteiger partial charge on any atom is -0.485 e. The van der Waals surface area contributed by atoms with Crippen LogP contribution in [-0.4, -0.2) is 26.2 Å². The number of pyridine rings is 1. The summed E-state index contributed by atoms with van der Waals surface area (Å²) in [6.07, 6.45) is 5.10.